The maximum atomic E-state index is 4.24. The molecule has 1 N–H and O–H groups in total. The van der Waals surface area contributed by atoms with E-state index in [1.807, 2.05) is 6.92 Å². The Labute approximate surface area is 209 Å². The summed E-state index contributed by atoms with van der Waals surface area (Å²) in [7, 11) is 0. The molecule has 0 heterocycles. The summed E-state index contributed by atoms with van der Waals surface area (Å²) in [6.45, 7) is 16.7. The van der Waals surface area contributed by atoms with Crippen molar-refractivity contribution in [3.05, 3.63) is 94.5 Å². The van der Waals surface area contributed by atoms with E-state index < -0.39 is 0 Å². The van der Waals surface area contributed by atoms with Crippen molar-refractivity contribution in [2.75, 3.05) is 0 Å². The van der Waals surface area contributed by atoms with Crippen molar-refractivity contribution in [2.24, 2.45) is 5.41 Å². The summed E-state index contributed by atoms with van der Waals surface area (Å²) < 4.78 is 0. The van der Waals surface area contributed by atoms with Crippen LogP contribution in [-0.4, -0.2) is 0 Å². The molecule has 0 aliphatic heterocycles. The second-order valence-electron chi connectivity index (χ2n) is 10.5. The molecule has 2 aliphatic rings. The van der Waals surface area contributed by atoms with E-state index in [-0.39, 0.29) is 0 Å². The Balaban J connectivity index is 1.82. The molecule has 3 rings (SSSR count). The topological polar surface area (TPSA) is 12.0 Å². The highest BCUT2D eigenvalue weighted by atomic mass is 14.9. The Morgan fingerprint density at radius 1 is 1.18 bits per heavy atom. The van der Waals surface area contributed by atoms with Crippen molar-refractivity contribution in [2.45, 2.75) is 98.3 Å². The van der Waals surface area contributed by atoms with E-state index in [2.05, 4.69) is 81.4 Å². The summed E-state index contributed by atoms with van der Waals surface area (Å²) >= 11 is 0. The van der Waals surface area contributed by atoms with E-state index >= 15 is 0 Å². The number of nitrogens with one attached hydrogen (secondary N) is 1. The number of aryl methyl sites for hydroxylation is 2. The summed E-state index contributed by atoms with van der Waals surface area (Å²) in [6, 6.07) is 7.18. The van der Waals surface area contributed by atoms with E-state index in [9.17, 15) is 0 Å². The molecule has 1 aromatic carbocycles. The van der Waals surface area contributed by atoms with Crippen molar-refractivity contribution in [1.29, 1.82) is 0 Å². The van der Waals surface area contributed by atoms with Gasteiger partial charge in [0.1, 0.15) is 0 Å². The smallest absolute Gasteiger partial charge is 0.0544 e. The fourth-order valence-corrected chi connectivity index (χ4v) is 5.94. The highest BCUT2D eigenvalue weighted by Gasteiger charge is 2.29. The molecule has 1 saturated carbocycles. The quantitative estimate of drug-likeness (QED) is 0.365. The normalized spacial score (nSPS) is 20.1. The molecule has 0 atom stereocenters. The van der Waals surface area contributed by atoms with E-state index in [0.717, 1.165) is 24.2 Å². The Morgan fingerprint density at radius 2 is 1.94 bits per heavy atom. The maximum absolute atomic E-state index is 4.24. The van der Waals surface area contributed by atoms with Crippen molar-refractivity contribution in [3.63, 3.8) is 0 Å². The highest BCUT2D eigenvalue weighted by Crippen LogP contribution is 2.43. The molecule has 1 nitrogen and oxygen atoms in total. The fraction of sp³-hybridized carbons (Fsp3) is 0.485. The lowest BCUT2D eigenvalue weighted by molar-refractivity contribution is 0.161. The lowest BCUT2D eigenvalue weighted by Crippen LogP contribution is -2.23. The monoisotopic (exact) mass is 455 g/mol. The van der Waals surface area contributed by atoms with Crippen LogP contribution >= 0.6 is 0 Å². The first-order valence-corrected chi connectivity index (χ1v) is 13.4. The molecule has 0 amide bonds. The van der Waals surface area contributed by atoms with Gasteiger partial charge in [-0.25, -0.2) is 0 Å². The fourth-order valence-electron chi connectivity index (χ4n) is 5.94. The zero-order chi connectivity index (χ0) is 24.6. The van der Waals surface area contributed by atoms with E-state index in [0.29, 0.717) is 5.41 Å². The first kappa shape index (κ1) is 26.1. The van der Waals surface area contributed by atoms with Gasteiger partial charge in [0.25, 0.3) is 0 Å². The van der Waals surface area contributed by atoms with E-state index in [1.165, 1.54) is 91.2 Å². The molecule has 0 bridgehead atoms. The van der Waals surface area contributed by atoms with Crippen LogP contribution in [0.15, 0.2) is 77.9 Å². The van der Waals surface area contributed by atoms with E-state index in [1.54, 1.807) is 0 Å². The third-order valence-corrected chi connectivity index (χ3v) is 7.96. The van der Waals surface area contributed by atoms with Crippen LogP contribution in [0.2, 0.25) is 0 Å². The Bertz CT molecular complexity index is 1020. The summed E-state index contributed by atoms with van der Waals surface area (Å²) in [5, 5.41) is 3.30. The van der Waals surface area contributed by atoms with Crippen LogP contribution in [0.5, 0.6) is 0 Å². The van der Waals surface area contributed by atoms with Gasteiger partial charge >= 0.3 is 0 Å². The van der Waals surface area contributed by atoms with Gasteiger partial charge in [0.2, 0.25) is 0 Å². The van der Waals surface area contributed by atoms with Crippen LogP contribution in [0.4, 0.5) is 0 Å². The summed E-state index contributed by atoms with van der Waals surface area (Å²) in [4.78, 5) is 0. The van der Waals surface area contributed by atoms with Gasteiger partial charge in [0.05, 0.1) is 5.70 Å². The average molecular weight is 456 g/mol. The van der Waals surface area contributed by atoms with Crippen molar-refractivity contribution in [1.82, 2.24) is 5.32 Å². The number of rotatable bonds is 9. The van der Waals surface area contributed by atoms with Gasteiger partial charge in [-0.2, -0.15) is 0 Å². The molecule has 182 valence electrons. The van der Waals surface area contributed by atoms with Gasteiger partial charge < -0.3 is 5.32 Å². The minimum atomic E-state index is 0.610. The Morgan fingerprint density at radius 3 is 2.62 bits per heavy atom. The number of hydrogen-bond acceptors (Lipinski definition) is 1. The van der Waals surface area contributed by atoms with E-state index in [4.69, 9.17) is 0 Å². The first-order valence-electron chi connectivity index (χ1n) is 13.4. The van der Waals surface area contributed by atoms with Gasteiger partial charge in [0.15, 0.2) is 0 Å². The van der Waals surface area contributed by atoms with Gasteiger partial charge in [-0.3, -0.25) is 0 Å². The zero-order valence-corrected chi connectivity index (χ0v) is 22.2. The third-order valence-electron chi connectivity index (χ3n) is 7.96. The molecule has 1 aromatic rings. The average Bonchev–Trinajstić information content (AvgIpc) is 2.84. The van der Waals surface area contributed by atoms with Crippen LogP contribution in [-0.2, 0) is 6.42 Å². The minimum absolute atomic E-state index is 0.610. The molecule has 1 heteroatoms. The molecule has 34 heavy (non-hydrogen) atoms. The number of hydrogen-bond donors (Lipinski definition) is 1. The second kappa shape index (κ2) is 12.3. The molecule has 0 saturated heterocycles. The molecule has 1 fully saturated rings. The molecule has 0 aromatic heterocycles. The number of allylic oxidation sites excluding steroid dienone is 7. The maximum Gasteiger partial charge on any atom is 0.0544 e. The summed E-state index contributed by atoms with van der Waals surface area (Å²) in [5.74, 6) is 0. The van der Waals surface area contributed by atoms with Crippen molar-refractivity contribution < 1.29 is 0 Å². The Hall–Kier alpha value is -2.50. The summed E-state index contributed by atoms with van der Waals surface area (Å²) in [5.41, 5.74) is 13.5. The predicted molar refractivity (Wildman–Crippen MR) is 150 cm³/mol. The standard InChI is InChI=1S/C33H45N/c1-7-26(5)34-27(6)23-32-29(8-2)16-13-17-31(32)30-22-25(4)21-28(24-30)15-14-20-33(9-3)18-11-10-12-19-33/h8,17,21-24,34H,1,6,9-16,18-20H2,2-5H3/b29-8-,32-23+. The zero-order valence-electron chi connectivity index (χ0n) is 22.2. The number of benzene rings is 1. The van der Waals surface area contributed by atoms with Crippen molar-refractivity contribution >= 4 is 5.57 Å². The van der Waals surface area contributed by atoms with Gasteiger partial charge in [-0.1, -0.05) is 81.7 Å². The molecular formula is C33H45N. The SMILES string of the molecule is C=C=C(C)NC(=C)/C=C1/C(c2cc(C)cc(CCCC3(CC)CCCCC3)c2)=CCC/C1=C/C. The van der Waals surface area contributed by atoms with Crippen LogP contribution in [0, 0.1) is 12.3 Å². The molecule has 0 radical (unpaired) electrons. The lowest BCUT2D eigenvalue weighted by atomic mass is 9.69. The van der Waals surface area contributed by atoms with Gasteiger partial charge in [0, 0.05) is 5.70 Å². The van der Waals surface area contributed by atoms with Gasteiger partial charge in [-0.05, 0) is 105 Å². The van der Waals surface area contributed by atoms with Crippen LogP contribution in [0.25, 0.3) is 5.57 Å². The predicted octanol–water partition coefficient (Wildman–Crippen LogP) is 9.52. The second-order valence-corrected chi connectivity index (χ2v) is 10.5. The van der Waals surface area contributed by atoms with Crippen LogP contribution < -0.4 is 5.32 Å². The minimum Gasteiger partial charge on any atom is -0.353 e. The Kier molecular flexibility index (Phi) is 9.43. The molecule has 0 spiro atoms. The lowest BCUT2D eigenvalue weighted by Gasteiger charge is -2.36. The van der Waals surface area contributed by atoms with Gasteiger partial charge in [-0.15, -0.1) is 5.73 Å². The third kappa shape index (κ3) is 6.77. The highest BCUT2D eigenvalue weighted by molar-refractivity contribution is 5.86. The van der Waals surface area contributed by atoms with Crippen molar-refractivity contribution in [3.8, 4) is 0 Å². The van der Waals surface area contributed by atoms with Crippen LogP contribution in [0.1, 0.15) is 102 Å². The molecular weight excluding hydrogens is 410 g/mol. The largest absolute Gasteiger partial charge is 0.353 e. The summed E-state index contributed by atoms with van der Waals surface area (Å²) in [6.07, 6.45) is 21.4. The molecule has 0 unspecified atom stereocenters. The molecule has 2 aliphatic carbocycles. The van der Waals surface area contributed by atoms with Crippen LogP contribution in [0.3, 0.4) is 0 Å². The first-order chi connectivity index (χ1) is 16.4.